The van der Waals surface area contributed by atoms with E-state index >= 15 is 0 Å². The summed E-state index contributed by atoms with van der Waals surface area (Å²) < 4.78 is 7.08. The highest BCUT2D eigenvalue weighted by atomic mass is 16.6. The Balaban J connectivity index is 1.73. The molecule has 0 radical (unpaired) electrons. The van der Waals surface area contributed by atoms with Crippen LogP contribution in [0.3, 0.4) is 0 Å². The van der Waals surface area contributed by atoms with Gasteiger partial charge in [-0.05, 0) is 25.1 Å². The van der Waals surface area contributed by atoms with E-state index in [0.717, 1.165) is 35.6 Å². The molecule has 0 aliphatic carbocycles. The lowest BCUT2D eigenvalue weighted by atomic mass is 10.2. The topological polar surface area (TPSA) is 76.6 Å². The van der Waals surface area contributed by atoms with Gasteiger partial charge in [-0.3, -0.25) is 0 Å². The minimum atomic E-state index is -0.222. The van der Waals surface area contributed by atoms with E-state index < -0.39 is 0 Å². The van der Waals surface area contributed by atoms with Crippen molar-refractivity contribution in [3.05, 3.63) is 24.0 Å². The van der Waals surface area contributed by atoms with E-state index in [-0.39, 0.29) is 6.09 Å². The van der Waals surface area contributed by atoms with Crippen molar-refractivity contribution in [2.75, 3.05) is 37.7 Å². The van der Waals surface area contributed by atoms with E-state index in [0.29, 0.717) is 26.2 Å². The first kappa shape index (κ1) is 15.6. The average molecular weight is 317 g/mol. The maximum absolute atomic E-state index is 11.7. The van der Waals surface area contributed by atoms with E-state index in [2.05, 4.69) is 28.1 Å². The molecule has 7 nitrogen and oxygen atoms in total. The molecule has 2 heterocycles. The highest BCUT2D eigenvalue weighted by Gasteiger charge is 2.22. The molecule has 0 bridgehead atoms. The van der Waals surface area contributed by atoms with Crippen molar-refractivity contribution in [2.45, 2.75) is 13.5 Å². The molecule has 23 heavy (non-hydrogen) atoms. The number of aryl methyl sites for hydroxylation is 1. The van der Waals surface area contributed by atoms with Crippen LogP contribution >= 0.6 is 0 Å². The molecule has 1 saturated heterocycles. The van der Waals surface area contributed by atoms with Gasteiger partial charge in [-0.2, -0.15) is 0 Å². The highest BCUT2D eigenvalue weighted by Crippen LogP contribution is 2.23. The van der Waals surface area contributed by atoms with Gasteiger partial charge in [0.15, 0.2) is 0 Å². The van der Waals surface area contributed by atoms with Gasteiger partial charge in [0.2, 0.25) is 0 Å². The molecule has 2 aromatic rings. The molecule has 1 aromatic carbocycles. The molecule has 1 amide bonds. The van der Waals surface area contributed by atoms with Crippen LogP contribution in [0.4, 0.5) is 10.5 Å². The SMILES string of the molecule is CCOC(=O)N1CCN(c2ccc3c(c2)nc(CN)n3C)CC1. The van der Waals surface area contributed by atoms with Crippen LogP contribution in [0.15, 0.2) is 18.2 Å². The molecule has 1 aliphatic rings. The lowest BCUT2D eigenvalue weighted by molar-refractivity contribution is 0.105. The lowest BCUT2D eigenvalue weighted by Crippen LogP contribution is -2.49. The Labute approximate surface area is 135 Å². The van der Waals surface area contributed by atoms with Crippen molar-refractivity contribution in [1.82, 2.24) is 14.5 Å². The second-order valence-corrected chi connectivity index (χ2v) is 5.64. The fourth-order valence-corrected chi connectivity index (χ4v) is 2.98. The van der Waals surface area contributed by atoms with Crippen LogP contribution in [0.1, 0.15) is 12.7 Å². The van der Waals surface area contributed by atoms with Crippen LogP contribution < -0.4 is 10.6 Å². The molecule has 1 aliphatic heterocycles. The summed E-state index contributed by atoms with van der Waals surface area (Å²) in [6, 6.07) is 6.27. The molecule has 124 valence electrons. The summed E-state index contributed by atoms with van der Waals surface area (Å²) >= 11 is 0. The van der Waals surface area contributed by atoms with Crippen molar-refractivity contribution < 1.29 is 9.53 Å². The molecular formula is C16H23N5O2. The van der Waals surface area contributed by atoms with Gasteiger partial charge in [-0.15, -0.1) is 0 Å². The largest absolute Gasteiger partial charge is 0.450 e. The number of carbonyl (C=O) groups excluding carboxylic acids is 1. The Kier molecular flexibility index (Phi) is 4.38. The Bertz CT molecular complexity index is 704. The van der Waals surface area contributed by atoms with Gasteiger partial charge in [-0.1, -0.05) is 0 Å². The second kappa shape index (κ2) is 6.45. The summed E-state index contributed by atoms with van der Waals surface area (Å²) in [5, 5.41) is 0. The normalized spacial score (nSPS) is 15.3. The molecule has 0 saturated carbocycles. The van der Waals surface area contributed by atoms with Crippen molar-refractivity contribution >= 4 is 22.8 Å². The fourth-order valence-electron chi connectivity index (χ4n) is 2.98. The third-order valence-electron chi connectivity index (χ3n) is 4.31. The number of nitrogens with zero attached hydrogens (tertiary/aromatic N) is 4. The summed E-state index contributed by atoms with van der Waals surface area (Å²) in [7, 11) is 1.98. The van der Waals surface area contributed by atoms with E-state index in [1.54, 1.807) is 4.90 Å². The first-order valence-electron chi connectivity index (χ1n) is 7.96. The number of piperazine rings is 1. The number of fused-ring (bicyclic) bond motifs is 1. The third-order valence-corrected chi connectivity index (χ3v) is 4.31. The highest BCUT2D eigenvalue weighted by molar-refractivity contribution is 5.80. The quantitative estimate of drug-likeness (QED) is 0.923. The van der Waals surface area contributed by atoms with E-state index in [9.17, 15) is 4.79 Å². The number of hydrogen-bond donors (Lipinski definition) is 1. The molecule has 0 unspecified atom stereocenters. The number of aromatic nitrogens is 2. The first-order chi connectivity index (χ1) is 11.1. The van der Waals surface area contributed by atoms with Crippen molar-refractivity contribution in [1.29, 1.82) is 0 Å². The zero-order valence-corrected chi connectivity index (χ0v) is 13.7. The summed E-state index contributed by atoms with van der Waals surface area (Å²) in [5.41, 5.74) is 8.89. The molecule has 0 spiro atoms. The Morgan fingerprint density at radius 2 is 2.04 bits per heavy atom. The smallest absolute Gasteiger partial charge is 0.409 e. The van der Waals surface area contributed by atoms with Gasteiger partial charge >= 0.3 is 6.09 Å². The number of benzene rings is 1. The molecule has 1 aromatic heterocycles. The molecular weight excluding hydrogens is 294 g/mol. The number of hydrogen-bond acceptors (Lipinski definition) is 5. The van der Waals surface area contributed by atoms with E-state index in [1.807, 2.05) is 18.5 Å². The van der Waals surface area contributed by atoms with E-state index in [4.69, 9.17) is 10.5 Å². The number of anilines is 1. The number of amides is 1. The Morgan fingerprint density at radius 3 is 2.70 bits per heavy atom. The summed E-state index contributed by atoms with van der Waals surface area (Å²) in [5.74, 6) is 0.879. The number of rotatable bonds is 3. The molecule has 2 N–H and O–H groups in total. The van der Waals surface area contributed by atoms with Crippen molar-refractivity contribution in [2.24, 2.45) is 12.8 Å². The fraction of sp³-hybridized carbons (Fsp3) is 0.500. The van der Waals surface area contributed by atoms with Gasteiger partial charge in [0.05, 0.1) is 24.2 Å². The number of carbonyl (C=O) groups is 1. The van der Waals surface area contributed by atoms with Gasteiger partial charge in [0.1, 0.15) is 5.82 Å². The Morgan fingerprint density at radius 1 is 1.30 bits per heavy atom. The number of ether oxygens (including phenoxy) is 1. The van der Waals surface area contributed by atoms with Crippen LogP contribution in [-0.2, 0) is 18.3 Å². The minimum Gasteiger partial charge on any atom is -0.450 e. The second-order valence-electron chi connectivity index (χ2n) is 5.64. The average Bonchev–Trinajstić information content (AvgIpc) is 2.91. The van der Waals surface area contributed by atoms with Crippen molar-refractivity contribution in [3.8, 4) is 0 Å². The van der Waals surface area contributed by atoms with Crippen LogP contribution in [0.5, 0.6) is 0 Å². The Hall–Kier alpha value is -2.28. The van der Waals surface area contributed by atoms with Gasteiger partial charge in [0.25, 0.3) is 0 Å². The molecule has 7 heteroatoms. The van der Waals surface area contributed by atoms with Crippen LogP contribution in [0.2, 0.25) is 0 Å². The summed E-state index contributed by atoms with van der Waals surface area (Å²) in [6.45, 7) is 5.60. The maximum Gasteiger partial charge on any atom is 0.409 e. The molecule has 3 rings (SSSR count). The van der Waals surface area contributed by atoms with Gasteiger partial charge < -0.3 is 24.8 Å². The first-order valence-corrected chi connectivity index (χ1v) is 7.96. The summed E-state index contributed by atoms with van der Waals surface area (Å²) in [6.07, 6.45) is -0.222. The minimum absolute atomic E-state index is 0.222. The zero-order valence-electron chi connectivity index (χ0n) is 13.7. The van der Waals surface area contributed by atoms with Crippen molar-refractivity contribution in [3.63, 3.8) is 0 Å². The van der Waals surface area contributed by atoms with Gasteiger partial charge in [-0.25, -0.2) is 9.78 Å². The molecule has 0 atom stereocenters. The number of nitrogens with two attached hydrogens (primary N) is 1. The lowest BCUT2D eigenvalue weighted by Gasteiger charge is -2.35. The monoisotopic (exact) mass is 317 g/mol. The standard InChI is InChI=1S/C16H23N5O2/c1-3-23-16(22)21-8-6-20(7-9-21)12-4-5-14-13(10-12)18-15(11-17)19(14)2/h4-5,10H,3,6-9,11,17H2,1-2H3. The molecule has 1 fully saturated rings. The number of imidazole rings is 1. The van der Waals surface area contributed by atoms with Crippen LogP contribution in [0.25, 0.3) is 11.0 Å². The van der Waals surface area contributed by atoms with Crippen LogP contribution in [0, 0.1) is 0 Å². The maximum atomic E-state index is 11.7. The third kappa shape index (κ3) is 2.96. The van der Waals surface area contributed by atoms with Gasteiger partial charge in [0, 0.05) is 38.9 Å². The zero-order chi connectivity index (χ0) is 16.4. The van der Waals surface area contributed by atoms with E-state index in [1.165, 1.54) is 0 Å². The predicted octanol–water partition coefficient (Wildman–Crippen LogP) is 1.31. The summed E-state index contributed by atoms with van der Waals surface area (Å²) in [4.78, 5) is 20.4. The predicted molar refractivity (Wildman–Crippen MR) is 89.4 cm³/mol. The van der Waals surface area contributed by atoms with Crippen LogP contribution in [-0.4, -0.2) is 53.3 Å².